The molecule has 0 saturated heterocycles. The van der Waals surface area contributed by atoms with Gasteiger partial charge in [0.1, 0.15) is 0 Å². The lowest BCUT2D eigenvalue weighted by molar-refractivity contribution is -0.133. The molecule has 0 aromatic rings. The summed E-state index contributed by atoms with van der Waals surface area (Å²) in [6.45, 7) is 1.82. The summed E-state index contributed by atoms with van der Waals surface area (Å²) in [7, 11) is 0. The van der Waals surface area contributed by atoms with Crippen molar-refractivity contribution in [2.24, 2.45) is 11.1 Å². The number of carboxylic acid groups (broad SMARTS) is 1. The van der Waals surface area contributed by atoms with Crippen molar-refractivity contribution in [3.8, 4) is 0 Å². The molecule has 0 fully saturated rings. The molecule has 0 aliphatic heterocycles. The minimum Gasteiger partial charge on any atom is -0.478 e. The van der Waals surface area contributed by atoms with E-state index in [1.807, 2.05) is 6.92 Å². The van der Waals surface area contributed by atoms with E-state index in [4.69, 9.17) is 22.4 Å². The zero-order valence-corrected chi connectivity index (χ0v) is 8.58. The van der Waals surface area contributed by atoms with Gasteiger partial charge in [0.15, 0.2) is 0 Å². The molecule has 0 aromatic heterocycles. The Balaban J connectivity index is 2.99. The maximum atomic E-state index is 10.9. The Morgan fingerprint density at radius 3 is 2.79 bits per heavy atom. The summed E-state index contributed by atoms with van der Waals surface area (Å²) < 4.78 is 0. The number of hydrogen-bond acceptors (Lipinski definition) is 2. The molecule has 0 unspecified atom stereocenters. The average molecular weight is 214 g/mol. The fourth-order valence-electron chi connectivity index (χ4n) is 1.41. The first-order valence-electron chi connectivity index (χ1n) is 4.20. The standard InChI is InChI=1S/C10H12ClNO2/c1-10(8(6-12)9(13)14)4-2-7(11)3-5-10/h2-4,6H,5,12H2,1H3,(H,13,14)/b8-6-/t10-/m1/s1. The Labute approximate surface area is 87.5 Å². The lowest BCUT2D eigenvalue weighted by atomic mass is 9.77. The summed E-state index contributed by atoms with van der Waals surface area (Å²) in [5.41, 5.74) is 4.93. The molecule has 14 heavy (non-hydrogen) atoms. The van der Waals surface area contributed by atoms with Crippen molar-refractivity contribution in [2.75, 3.05) is 0 Å². The molecular formula is C10H12ClNO2. The quantitative estimate of drug-likeness (QED) is 0.690. The maximum absolute atomic E-state index is 10.9. The van der Waals surface area contributed by atoms with E-state index in [2.05, 4.69) is 0 Å². The van der Waals surface area contributed by atoms with Crippen LogP contribution in [0.5, 0.6) is 0 Å². The van der Waals surface area contributed by atoms with Gasteiger partial charge in [-0.1, -0.05) is 30.7 Å². The SMILES string of the molecule is C[C@@]1(/C(=C\N)C(=O)O)C=CC(Cl)=CC1. The minimum absolute atomic E-state index is 0.189. The smallest absolute Gasteiger partial charge is 0.333 e. The average Bonchev–Trinajstić information content (AvgIpc) is 2.11. The lowest BCUT2D eigenvalue weighted by Gasteiger charge is -2.27. The van der Waals surface area contributed by atoms with Gasteiger partial charge in [0, 0.05) is 16.6 Å². The van der Waals surface area contributed by atoms with Crippen LogP contribution >= 0.6 is 11.6 Å². The zero-order valence-electron chi connectivity index (χ0n) is 7.83. The molecule has 0 saturated carbocycles. The van der Waals surface area contributed by atoms with E-state index in [0.717, 1.165) is 6.20 Å². The fraction of sp³-hybridized carbons (Fsp3) is 0.300. The van der Waals surface area contributed by atoms with Crippen LogP contribution in [0.25, 0.3) is 0 Å². The third-order valence-electron chi connectivity index (χ3n) is 2.34. The number of halogens is 1. The normalized spacial score (nSPS) is 27.3. The number of carbonyl (C=O) groups is 1. The third kappa shape index (κ3) is 1.99. The highest BCUT2D eigenvalue weighted by atomic mass is 35.5. The van der Waals surface area contributed by atoms with E-state index in [9.17, 15) is 4.79 Å². The van der Waals surface area contributed by atoms with Crippen molar-refractivity contribution in [2.45, 2.75) is 13.3 Å². The highest BCUT2D eigenvalue weighted by molar-refractivity contribution is 6.31. The lowest BCUT2D eigenvalue weighted by Crippen LogP contribution is -2.24. The molecule has 1 aliphatic carbocycles. The molecule has 3 N–H and O–H groups in total. The zero-order chi connectivity index (χ0) is 10.8. The fourth-order valence-corrected chi connectivity index (χ4v) is 1.55. The van der Waals surface area contributed by atoms with Gasteiger partial charge >= 0.3 is 5.97 Å². The molecule has 0 spiro atoms. The van der Waals surface area contributed by atoms with Gasteiger partial charge in [-0.05, 0) is 12.5 Å². The first-order valence-corrected chi connectivity index (χ1v) is 4.58. The van der Waals surface area contributed by atoms with Crippen molar-refractivity contribution in [1.29, 1.82) is 0 Å². The van der Waals surface area contributed by atoms with Crippen LogP contribution in [0.15, 0.2) is 35.0 Å². The Hall–Kier alpha value is -1.22. The predicted molar refractivity (Wildman–Crippen MR) is 55.7 cm³/mol. The van der Waals surface area contributed by atoms with E-state index in [1.165, 1.54) is 0 Å². The van der Waals surface area contributed by atoms with Crippen molar-refractivity contribution in [1.82, 2.24) is 0 Å². The first-order chi connectivity index (χ1) is 6.49. The van der Waals surface area contributed by atoms with Gasteiger partial charge in [0.25, 0.3) is 0 Å². The first kappa shape index (κ1) is 10.9. The van der Waals surface area contributed by atoms with Gasteiger partial charge in [0.05, 0.1) is 5.57 Å². The molecule has 0 heterocycles. The molecular weight excluding hydrogens is 202 g/mol. The Morgan fingerprint density at radius 2 is 2.43 bits per heavy atom. The molecule has 0 aromatic carbocycles. The van der Waals surface area contributed by atoms with Gasteiger partial charge < -0.3 is 10.8 Å². The number of rotatable bonds is 2. The van der Waals surface area contributed by atoms with Crippen LogP contribution in [0.4, 0.5) is 0 Å². The Morgan fingerprint density at radius 1 is 1.79 bits per heavy atom. The molecule has 4 heteroatoms. The van der Waals surface area contributed by atoms with Gasteiger partial charge in [-0.15, -0.1) is 0 Å². The molecule has 0 amide bonds. The molecule has 1 aliphatic rings. The molecule has 1 rings (SSSR count). The van der Waals surface area contributed by atoms with Crippen molar-refractivity contribution in [3.05, 3.63) is 35.0 Å². The van der Waals surface area contributed by atoms with Gasteiger partial charge in [-0.25, -0.2) is 4.79 Å². The van der Waals surface area contributed by atoms with Crippen molar-refractivity contribution in [3.63, 3.8) is 0 Å². The van der Waals surface area contributed by atoms with Gasteiger partial charge in [-0.3, -0.25) is 0 Å². The predicted octanol–water partition coefficient (Wildman–Crippen LogP) is 2.00. The Kier molecular flexibility index (Phi) is 3.01. The Bertz CT molecular complexity index is 344. The van der Waals surface area contributed by atoms with Crippen LogP contribution < -0.4 is 5.73 Å². The summed E-state index contributed by atoms with van der Waals surface area (Å²) in [5, 5.41) is 9.55. The van der Waals surface area contributed by atoms with E-state index >= 15 is 0 Å². The second-order valence-corrected chi connectivity index (χ2v) is 3.87. The number of carboxylic acids is 1. The summed E-state index contributed by atoms with van der Waals surface area (Å²) in [4.78, 5) is 10.9. The van der Waals surface area contributed by atoms with Crippen LogP contribution in [-0.2, 0) is 4.79 Å². The highest BCUT2D eigenvalue weighted by Crippen LogP contribution is 2.37. The van der Waals surface area contributed by atoms with Crippen LogP contribution in [0.2, 0.25) is 0 Å². The topological polar surface area (TPSA) is 63.3 Å². The molecule has 0 radical (unpaired) electrons. The summed E-state index contributed by atoms with van der Waals surface area (Å²) >= 11 is 5.75. The van der Waals surface area contributed by atoms with Gasteiger partial charge in [0.2, 0.25) is 0 Å². The maximum Gasteiger partial charge on any atom is 0.333 e. The largest absolute Gasteiger partial charge is 0.478 e. The van der Waals surface area contributed by atoms with Crippen molar-refractivity contribution < 1.29 is 9.90 Å². The van der Waals surface area contributed by atoms with Crippen LogP contribution in [0.3, 0.4) is 0 Å². The highest BCUT2D eigenvalue weighted by Gasteiger charge is 2.31. The number of aliphatic carboxylic acids is 1. The van der Waals surface area contributed by atoms with E-state index in [0.29, 0.717) is 11.5 Å². The third-order valence-corrected chi connectivity index (χ3v) is 2.62. The summed E-state index contributed by atoms with van der Waals surface area (Å²) in [6.07, 6.45) is 6.94. The summed E-state index contributed by atoms with van der Waals surface area (Å²) in [6, 6.07) is 0. The van der Waals surface area contributed by atoms with E-state index < -0.39 is 11.4 Å². The molecule has 3 nitrogen and oxygen atoms in total. The van der Waals surface area contributed by atoms with Crippen LogP contribution in [-0.4, -0.2) is 11.1 Å². The van der Waals surface area contributed by atoms with Crippen LogP contribution in [0, 0.1) is 5.41 Å². The summed E-state index contributed by atoms with van der Waals surface area (Å²) in [5.74, 6) is -0.994. The number of hydrogen-bond donors (Lipinski definition) is 2. The molecule has 76 valence electrons. The second kappa shape index (κ2) is 3.88. The molecule has 0 bridgehead atoms. The number of allylic oxidation sites excluding steroid dienone is 4. The number of nitrogens with two attached hydrogens (primary N) is 1. The van der Waals surface area contributed by atoms with Gasteiger partial charge in [-0.2, -0.15) is 0 Å². The van der Waals surface area contributed by atoms with Crippen LogP contribution in [0.1, 0.15) is 13.3 Å². The minimum atomic E-state index is -0.994. The van der Waals surface area contributed by atoms with Crippen molar-refractivity contribution >= 4 is 17.6 Å². The van der Waals surface area contributed by atoms with E-state index in [1.54, 1.807) is 18.2 Å². The monoisotopic (exact) mass is 213 g/mol. The second-order valence-electron chi connectivity index (χ2n) is 3.43. The molecule has 1 atom stereocenters. The van der Waals surface area contributed by atoms with E-state index in [-0.39, 0.29) is 5.57 Å².